The molecule has 1 aliphatic carbocycles. The van der Waals surface area contributed by atoms with Crippen LogP contribution in [0, 0.1) is 5.41 Å². The lowest BCUT2D eigenvalue weighted by molar-refractivity contribution is -0.232. The Bertz CT molecular complexity index is 765. The van der Waals surface area contributed by atoms with E-state index in [9.17, 15) is 34.4 Å². The minimum atomic E-state index is -5.00. The van der Waals surface area contributed by atoms with E-state index in [1.54, 1.807) is 13.8 Å². The molecule has 3 N–H and O–H groups in total. The molecule has 0 fully saturated rings. The quantitative estimate of drug-likeness (QED) is 0.425. The van der Waals surface area contributed by atoms with Crippen molar-refractivity contribution in [2.24, 2.45) is 5.41 Å². The number of phosphoric acid groups is 1. The fourth-order valence-corrected chi connectivity index (χ4v) is 3.77. The maximum Gasteiger partial charge on any atom is 0.377 e. The van der Waals surface area contributed by atoms with Crippen molar-refractivity contribution in [1.29, 1.82) is 0 Å². The van der Waals surface area contributed by atoms with Crippen molar-refractivity contribution in [3.05, 3.63) is 22.7 Å². The van der Waals surface area contributed by atoms with E-state index < -0.39 is 61.4 Å². The van der Waals surface area contributed by atoms with E-state index in [-0.39, 0.29) is 6.42 Å². The van der Waals surface area contributed by atoms with Crippen molar-refractivity contribution < 1.29 is 48.2 Å². The first-order valence-electron chi connectivity index (χ1n) is 8.14. The standard InChI is InChI=1S/C16H23O10P/c1-7-8(2)16(3,4)5-10(11(7)18)26-27(22,23)24-6-9(17)14-12(19)13(20)15(21)25-14/h9-10,14,17,19-20H,5-6H2,1-4H3,(H,22,23)/p-1/t9-,10?,14+/m0/s1. The Morgan fingerprint density at radius 1 is 1.33 bits per heavy atom. The van der Waals surface area contributed by atoms with Crippen LogP contribution in [0.5, 0.6) is 0 Å². The smallest absolute Gasteiger partial charge is 0.377 e. The Labute approximate surface area is 155 Å². The molecule has 0 saturated carbocycles. The van der Waals surface area contributed by atoms with Gasteiger partial charge in [-0.05, 0) is 31.3 Å². The zero-order valence-electron chi connectivity index (χ0n) is 15.3. The molecule has 2 unspecified atom stereocenters. The van der Waals surface area contributed by atoms with Crippen molar-refractivity contribution in [2.45, 2.75) is 52.4 Å². The van der Waals surface area contributed by atoms with Crippen molar-refractivity contribution in [3.8, 4) is 0 Å². The van der Waals surface area contributed by atoms with Crippen LogP contribution in [-0.4, -0.2) is 52.0 Å². The highest BCUT2D eigenvalue weighted by Crippen LogP contribution is 2.46. The monoisotopic (exact) mass is 405 g/mol. The first-order valence-corrected chi connectivity index (χ1v) is 9.60. The zero-order valence-corrected chi connectivity index (χ0v) is 16.2. The summed E-state index contributed by atoms with van der Waals surface area (Å²) in [7, 11) is -5.00. The number of cyclic esters (lactones) is 1. The van der Waals surface area contributed by atoms with E-state index >= 15 is 0 Å². The molecule has 0 aromatic heterocycles. The second-order valence-electron chi connectivity index (χ2n) is 7.17. The van der Waals surface area contributed by atoms with Gasteiger partial charge in [0.15, 0.2) is 17.6 Å². The lowest BCUT2D eigenvalue weighted by Gasteiger charge is -2.38. The maximum absolute atomic E-state index is 12.3. The van der Waals surface area contributed by atoms with Gasteiger partial charge in [0.05, 0.1) is 6.61 Å². The van der Waals surface area contributed by atoms with Crippen LogP contribution in [0.4, 0.5) is 0 Å². The average molecular weight is 405 g/mol. The highest BCUT2D eigenvalue weighted by molar-refractivity contribution is 7.45. The van der Waals surface area contributed by atoms with Gasteiger partial charge >= 0.3 is 5.97 Å². The van der Waals surface area contributed by atoms with Gasteiger partial charge in [-0.1, -0.05) is 19.4 Å². The normalized spacial score (nSPS) is 29.0. The van der Waals surface area contributed by atoms with E-state index in [1.807, 2.05) is 13.8 Å². The van der Waals surface area contributed by atoms with Crippen LogP contribution in [0.3, 0.4) is 0 Å². The average Bonchev–Trinajstić information content (AvgIpc) is 2.83. The summed E-state index contributed by atoms with van der Waals surface area (Å²) < 4.78 is 26.0. The Morgan fingerprint density at radius 2 is 1.93 bits per heavy atom. The number of rotatable bonds is 6. The molecular weight excluding hydrogens is 383 g/mol. The maximum atomic E-state index is 12.3. The lowest BCUT2D eigenvalue weighted by Crippen LogP contribution is -2.38. The molecule has 152 valence electrons. The Kier molecular flexibility index (Phi) is 5.89. The highest BCUT2D eigenvalue weighted by Gasteiger charge is 2.41. The van der Waals surface area contributed by atoms with E-state index in [2.05, 4.69) is 9.26 Å². The summed E-state index contributed by atoms with van der Waals surface area (Å²) in [5, 5.41) is 28.5. The van der Waals surface area contributed by atoms with Crippen molar-refractivity contribution >= 4 is 19.6 Å². The first kappa shape index (κ1) is 21.6. The topological polar surface area (TPSA) is 163 Å². The van der Waals surface area contributed by atoms with Crippen molar-refractivity contribution in [2.75, 3.05) is 6.61 Å². The number of phosphoric ester groups is 1. The fourth-order valence-electron chi connectivity index (χ4n) is 2.90. The number of allylic oxidation sites excluding steroid dienone is 1. The van der Waals surface area contributed by atoms with Gasteiger partial charge < -0.3 is 34.0 Å². The van der Waals surface area contributed by atoms with Gasteiger partial charge in [0, 0.05) is 0 Å². The molecular formula is C16H22O10P-. The Balaban J connectivity index is 2.01. The van der Waals surface area contributed by atoms with Crippen LogP contribution in [0.25, 0.3) is 0 Å². The lowest BCUT2D eigenvalue weighted by atomic mass is 9.72. The van der Waals surface area contributed by atoms with Crippen LogP contribution in [-0.2, 0) is 27.9 Å². The Hall–Kier alpha value is -1.71. The summed E-state index contributed by atoms with van der Waals surface area (Å²) >= 11 is 0. The third kappa shape index (κ3) is 4.41. The summed E-state index contributed by atoms with van der Waals surface area (Å²) in [6.07, 6.45) is -4.58. The number of aliphatic hydroxyl groups excluding tert-OH is 3. The molecule has 1 heterocycles. The predicted octanol–water partition coefficient (Wildman–Crippen LogP) is 0.806. The summed E-state index contributed by atoms with van der Waals surface area (Å²) in [5.74, 6) is -3.74. The molecule has 2 rings (SSSR count). The number of carbonyl (C=O) groups excluding carboxylic acids is 2. The number of ether oxygens (including phenoxy) is 1. The van der Waals surface area contributed by atoms with Crippen LogP contribution >= 0.6 is 7.82 Å². The zero-order chi connectivity index (χ0) is 20.7. The van der Waals surface area contributed by atoms with Crippen LogP contribution < -0.4 is 4.89 Å². The van der Waals surface area contributed by atoms with Gasteiger partial charge in [-0.15, -0.1) is 0 Å². The second kappa shape index (κ2) is 7.37. The number of ketones is 1. The van der Waals surface area contributed by atoms with Gasteiger partial charge in [-0.25, -0.2) is 4.79 Å². The molecule has 0 spiro atoms. The fraction of sp³-hybridized carbons (Fsp3) is 0.625. The minimum Gasteiger partial charge on any atom is -0.756 e. The number of aliphatic hydroxyl groups is 3. The molecule has 11 heteroatoms. The molecule has 0 bridgehead atoms. The molecule has 0 saturated heterocycles. The van der Waals surface area contributed by atoms with Gasteiger partial charge in [-0.3, -0.25) is 9.36 Å². The summed E-state index contributed by atoms with van der Waals surface area (Å²) in [4.78, 5) is 35.4. The van der Waals surface area contributed by atoms with E-state index in [0.29, 0.717) is 5.57 Å². The molecule has 0 amide bonds. The molecule has 0 aromatic carbocycles. The number of esters is 1. The number of carbonyl (C=O) groups is 2. The van der Waals surface area contributed by atoms with Gasteiger partial charge in [-0.2, -0.15) is 0 Å². The molecule has 4 atom stereocenters. The molecule has 10 nitrogen and oxygen atoms in total. The van der Waals surface area contributed by atoms with Crippen LogP contribution in [0.15, 0.2) is 22.7 Å². The van der Waals surface area contributed by atoms with E-state index in [0.717, 1.165) is 5.57 Å². The second-order valence-corrected chi connectivity index (χ2v) is 8.53. The van der Waals surface area contributed by atoms with Crippen molar-refractivity contribution in [3.63, 3.8) is 0 Å². The van der Waals surface area contributed by atoms with Gasteiger partial charge in [0.1, 0.15) is 12.2 Å². The number of Topliss-reactive ketones (excluding diaryl/α,β-unsaturated/α-hetero) is 1. The first-order chi connectivity index (χ1) is 12.3. The third-order valence-electron chi connectivity index (χ3n) is 4.88. The molecule has 0 aromatic rings. The predicted molar refractivity (Wildman–Crippen MR) is 88.4 cm³/mol. The van der Waals surface area contributed by atoms with Crippen LogP contribution in [0.1, 0.15) is 34.1 Å². The van der Waals surface area contributed by atoms with Gasteiger partial charge in [0.25, 0.3) is 7.82 Å². The van der Waals surface area contributed by atoms with E-state index in [4.69, 9.17) is 4.52 Å². The minimum absolute atomic E-state index is 0.130. The largest absolute Gasteiger partial charge is 0.756 e. The SMILES string of the molecule is CC1=C(C)C(C)(C)CC(OP(=O)([O-])OC[C@H](O)[C@H]2OC(=O)C(O)=C2O)C1=O. The highest BCUT2D eigenvalue weighted by atomic mass is 31.2. The summed E-state index contributed by atoms with van der Waals surface area (Å²) in [6.45, 7) is 6.17. The molecule has 27 heavy (non-hydrogen) atoms. The molecule has 0 radical (unpaired) electrons. The summed E-state index contributed by atoms with van der Waals surface area (Å²) in [5.41, 5.74) is 0.808. The van der Waals surface area contributed by atoms with Crippen LogP contribution in [0.2, 0.25) is 0 Å². The van der Waals surface area contributed by atoms with Gasteiger partial charge in [0.2, 0.25) is 5.76 Å². The molecule has 1 aliphatic heterocycles. The van der Waals surface area contributed by atoms with E-state index in [1.165, 1.54) is 0 Å². The third-order valence-corrected chi connectivity index (χ3v) is 5.86. The summed E-state index contributed by atoms with van der Waals surface area (Å²) in [6, 6.07) is 0. The van der Waals surface area contributed by atoms with Crippen molar-refractivity contribution in [1.82, 2.24) is 0 Å². The molecule has 2 aliphatic rings. The number of hydrogen-bond donors (Lipinski definition) is 3. The Morgan fingerprint density at radius 3 is 2.44 bits per heavy atom. The number of hydrogen-bond acceptors (Lipinski definition) is 10.